The lowest BCUT2D eigenvalue weighted by molar-refractivity contribution is 0.107. The molecule has 1 aromatic rings. The van der Waals surface area contributed by atoms with Crippen LogP contribution in [0.15, 0.2) is 6.20 Å². The maximum atomic E-state index is 5.87. The predicted octanol–water partition coefficient (Wildman–Crippen LogP) is 1.91. The van der Waals surface area contributed by atoms with E-state index in [0.717, 1.165) is 44.7 Å². The molecule has 1 unspecified atom stereocenters. The largest absolute Gasteiger partial charge is 0.380 e. The Balaban J connectivity index is 1.40. The van der Waals surface area contributed by atoms with Gasteiger partial charge in [0.2, 0.25) is 0 Å². The molecular formula is C15H23N3O. The standard InChI is InChI=1S/C15H23N3O/c1-2-11(1)7-18-8-13-5-16-6-14(15(13)17-18)10-19-9-12-3-4-12/h8,11-12,14,16H,1-7,9-10H2. The summed E-state index contributed by atoms with van der Waals surface area (Å²) in [5.74, 6) is 2.19. The highest BCUT2D eigenvalue weighted by Crippen LogP contribution is 2.32. The number of nitrogens with zero attached hydrogens (tertiary/aromatic N) is 2. The zero-order valence-corrected chi connectivity index (χ0v) is 11.5. The lowest BCUT2D eigenvalue weighted by Crippen LogP contribution is -2.30. The second-order valence-corrected chi connectivity index (χ2v) is 6.51. The Kier molecular flexibility index (Phi) is 3.08. The van der Waals surface area contributed by atoms with Gasteiger partial charge in [0, 0.05) is 43.9 Å². The molecule has 104 valence electrons. The van der Waals surface area contributed by atoms with Gasteiger partial charge in [-0.1, -0.05) is 0 Å². The zero-order valence-electron chi connectivity index (χ0n) is 11.5. The summed E-state index contributed by atoms with van der Waals surface area (Å²) in [6.07, 6.45) is 7.75. The van der Waals surface area contributed by atoms with Crippen molar-refractivity contribution in [2.24, 2.45) is 11.8 Å². The molecule has 3 aliphatic rings. The molecule has 2 heterocycles. The highest BCUT2D eigenvalue weighted by Gasteiger charge is 2.28. The van der Waals surface area contributed by atoms with Crippen molar-refractivity contribution in [3.63, 3.8) is 0 Å². The van der Waals surface area contributed by atoms with Gasteiger partial charge in [-0.15, -0.1) is 0 Å². The van der Waals surface area contributed by atoms with Crippen molar-refractivity contribution in [2.75, 3.05) is 19.8 Å². The topological polar surface area (TPSA) is 39.1 Å². The molecule has 1 atom stereocenters. The Hall–Kier alpha value is -0.870. The maximum Gasteiger partial charge on any atom is 0.0736 e. The second-order valence-electron chi connectivity index (χ2n) is 6.51. The minimum absolute atomic E-state index is 0.447. The molecule has 2 fully saturated rings. The van der Waals surface area contributed by atoms with Crippen molar-refractivity contribution >= 4 is 0 Å². The smallest absolute Gasteiger partial charge is 0.0736 e. The average Bonchev–Trinajstić information content (AvgIpc) is 3.30. The molecule has 1 aliphatic heterocycles. The van der Waals surface area contributed by atoms with Crippen molar-refractivity contribution in [3.05, 3.63) is 17.5 Å². The molecule has 19 heavy (non-hydrogen) atoms. The van der Waals surface area contributed by atoms with Crippen molar-refractivity contribution in [1.82, 2.24) is 15.1 Å². The van der Waals surface area contributed by atoms with Crippen LogP contribution in [-0.4, -0.2) is 29.5 Å². The Labute approximate surface area is 114 Å². The zero-order chi connectivity index (χ0) is 12.7. The fourth-order valence-electron chi connectivity index (χ4n) is 2.89. The maximum absolute atomic E-state index is 5.87. The van der Waals surface area contributed by atoms with E-state index in [1.165, 1.54) is 36.9 Å². The number of rotatable bonds is 6. The summed E-state index contributed by atoms with van der Waals surface area (Å²) in [5.41, 5.74) is 2.67. The van der Waals surface area contributed by atoms with Gasteiger partial charge in [-0.05, 0) is 37.5 Å². The first-order chi connectivity index (χ1) is 9.38. The molecule has 0 radical (unpaired) electrons. The lowest BCUT2D eigenvalue weighted by atomic mass is 9.99. The molecule has 0 spiro atoms. The van der Waals surface area contributed by atoms with E-state index >= 15 is 0 Å². The summed E-state index contributed by atoms with van der Waals surface area (Å²) < 4.78 is 8.04. The molecule has 2 saturated carbocycles. The molecule has 2 aliphatic carbocycles. The number of hydrogen-bond donors (Lipinski definition) is 1. The van der Waals surface area contributed by atoms with Crippen LogP contribution in [0.3, 0.4) is 0 Å². The Morgan fingerprint density at radius 3 is 2.84 bits per heavy atom. The van der Waals surface area contributed by atoms with Crippen LogP contribution < -0.4 is 5.32 Å². The number of aromatic nitrogens is 2. The summed E-state index contributed by atoms with van der Waals surface area (Å²) in [6.45, 7) is 4.88. The first kappa shape index (κ1) is 11.9. The number of fused-ring (bicyclic) bond motifs is 1. The van der Waals surface area contributed by atoms with Gasteiger partial charge >= 0.3 is 0 Å². The summed E-state index contributed by atoms with van der Waals surface area (Å²) in [5, 5.41) is 8.32. The van der Waals surface area contributed by atoms with E-state index in [9.17, 15) is 0 Å². The van der Waals surface area contributed by atoms with Crippen LogP contribution in [0.5, 0.6) is 0 Å². The van der Waals surface area contributed by atoms with Crippen LogP contribution in [0.4, 0.5) is 0 Å². The van der Waals surface area contributed by atoms with E-state index in [0.29, 0.717) is 5.92 Å². The first-order valence-electron chi connectivity index (χ1n) is 7.73. The van der Waals surface area contributed by atoms with Gasteiger partial charge in [0.25, 0.3) is 0 Å². The van der Waals surface area contributed by atoms with Crippen LogP contribution in [-0.2, 0) is 17.8 Å². The second kappa shape index (κ2) is 4.91. The third-order valence-corrected chi connectivity index (χ3v) is 4.47. The Morgan fingerprint density at radius 2 is 2.05 bits per heavy atom. The van der Waals surface area contributed by atoms with Crippen molar-refractivity contribution < 1.29 is 4.74 Å². The quantitative estimate of drug-likeness (QED) is 0.850. The van der Waals surface area contributed by atoms with Crippen LogP contribution in [0.2, 0.25) is 0 Å². The van der Waals surface area contributed by atoms with Gasteiger partial charge in [0.1, 0.15) is 0 Å². The Morgan fingerprint density at radius 1 is 1.21 bits per heavy atom. The minimum atomic E-state index is 0.447. The first-order valence-corrected chi connectivity index (χ1v) is 7.73. The van der Waals surface area contributed by atoms with E-state index in [4.69, 9.17) is 9.84 Å². The number of ether oxygens (including phenoxy) is 1. The number of hydrogen-bond acceptors (Lipinski definition) is 3. The molecule has 4 heteroatoms. The van der Waals surface area contributed by atoms with Crippen LogP contribution >= 0.6 is 0 Å². The van der Waals surface area contributed by atoms with Gasteiger partial charge in [-0.3, -0.25) is 4.68 Å². The van der Waals surface area contributed by atoms with Gasteiger partial charge < -0.3 is 10.1 Å². The molecule has 1 N–H and O–H groups in total. The fourth-order valence-corrected chi connectivity index (χ4v) is 2.89. The monoisotopic (exact) mass is 261 g/mol. The van der Waals surface area contributed by atoms with Crippen LogP contribution in [0.25, 0.3) is 0 Å². The van der Waals surface area contributed by atoms with Crippen molar-refractivity contribution in [1.29, 1.82) is 0 Å². The molecule has 0 saturated heterocycles. The van der Waals surface area contributed by atoms with E-state index < -0.39 is 0 Å². The van der Waals surface area contributed by atoms with E-state index in [1.54, 1.807) is 0 Å². The third-order valence-electron chi connectivity index (χ3n) is 4.47. The SMILES string of the molecule is c1c2c(nn1CC1CC1)C(COCC1CC1)CNC2. The molecule has 4 rings (SSSR count). The molecule has 0 bridgehead atoms. The number of nitrogens with one attached hydrogen (secondary N) is 1. The predicted molar refractivity (Wildman–Crippen MR) is 72.9 cm³/mol. The van der Waals surface area contributed by atoms with Crippen molar-refractivity contribution in [2.45, 2.75) is 44.7 Å². The van der Waals surface area contributed by atoms with E-state index in [1.807, 2.05) is 0 Å². The summed E-state index contributed by atoms with van der Waals surface area (Å²) in [6, 6.07) is 0. The summed E-state index contributed by atoms with van der Waals surface area (Å²) >= 11 is 0. The summed E-state index contributed by atoms with van der Waals surface area (Å²) in [7, 11) is 0. The average molecular weight is 261 g/mol. The lowest BCUT2D eigenvalue weighted by Gasteiger charge is -2.21. The normalized spacial score (nSPS) is 26.4. The van der Waals surface area contributed by atoms with E-state index in [2.05, 4.69) is 16.2 Å². The molecule has 0 aromatic carbocycles. The summed E-state index contributed by atoms with van der Waals surface area (Å²) in [4.78, 5) is 0. The molecular weight excluding hydrogens is 238 g/mol. The Bertz CT molecular complexity index is 448. The van der Waals surface area contributed by atoms with Gasteiger partial charge in [0.15, 0.2) is 0 Å². The van der Waals surface area contributed by atoms with Crippen molar-refractivity contribution in [3.8, 4) is 0 Å². The highest BCUT2D eigenvalue weighted by atomic mass is 16.5. The van der Waals surface area contributed by atoms with E-state index in [-0.39, 0.29) is 0 Å². The van der Waals surface area contributed by atoms with Gasteiger partial charge in [-0.25, -0.2) is 0 Å². The fraction of sp³-hybridized carbons (Fsp3) is 0.800. The molecule has 1 aromatic heterocycles. The molecule has 0 amide bonds. The third kappa shape index (κ3) is 2.84. The minimum Gasteiger partial charge on any atom is -0.380 e. The highest BCUT2D eigenvalue weighted by molar-refractivity contribution is 5.24. The molecule has 4 nitrogen and oxygen atoms in total. The van der Waals surface area contributed by atoms with Gasteiger partial charge in [0.05, 0.1) is 12.3 Å². The van der Waals surface area contributed by atoms with Gasteiger partial charge in [-0.2, -0.15) is 5.10 Å². The van der Waals surface area contributed by atoms with Crippen LogP contribution in [0, 0.1) is 11.8 Å². The van der Waals surface area contributed by atoms with Crippen LogP contribution in [0.1, 0.15) is 42.9 Å².